The quantitative estimate of drug-likeness (QED) is 0.849. The van der Waals surface area contributed by atoms with E-state index >= 15 is 0 Å². The Hall–Kier alpha value is -1.50. The Morgan fingerprint density at radius 3 is 2.91 bits per heavy atom. The summed E-state index contributed by atoms with van der Waals surface area (Å²) in [7, 11) is 0. The van der Waals surface area contributed by atoms with Gasteiger partial charge in [-0.05, 0) is 25.3 Å². The number of hydrogen-bond acceptors (Lipinski definition) is 4. The number of benzene rings is 1. The first-order chi connectivity index (χ1) is 10.5. The second kappa shape index (κ2) is 7.67. The van der Waals surface area contributed by atoms with E-state index in [4.69, 9.17) is 16.7 Å². The number of aliphatic hydroxyl groups excluding tert-OH is 1. The summed E-state index contributed by atoms with van der Waals surface area (Å²) >= 11 is 7.47. The summed E-state index contributed by atoms with van der Waals surface area (Å²) in [6.07, 6.45) is 1.88. The highest BCUT2D eigenvalue weighted by Gasteiger charge is 2.16. The lowest BCUT2D eigenvalue weighted by atomic mass is 10.1. The molecule has 22 heavy (non-hydrogen) atoms. The molecule has 1 aromatic heterocycles. The van der Waals surface area contributed by atoms with Gasteiger partial charge >= 0.3 is 0 Å². The van der Waals surface area contributed by atoms with Gasteiger partial charge in [0.2, 0.25) is 5.91 Å². The molecule has 0 saturated carbocycles. The number of rotatable bonds is 6. The lowest BCUT2D eigenvalue weighted by Crippen LogP contribution is -2.24. The van der Waals surface area contributed by atoms with Crippen molar-refractivity contribution in [1.29, 1.82) is 0 Å². The van der Waals surface area contributed by atoms with Crippen molar-refractivity contribution in [2.24, 2.45) is 0 Å². The third-order valence-corrected chi connectivity index (χ3v) is 4.34. The summed E-state index contributed by atoms with van der Waals surface area (Å²) in [5.41, 5.74) is 1.56. The Balaban J connectivity index is 2.31. The van der Waals surface area contributed by atoms with Crippen molar-refractivity contribution in [3.8, 4) is 11.3 Å². The van der Waals surface area contributed by atoms with E-state index in [0.717, 1.165) is 5.56 Å². The molecule has 0 saturated heterocycles. The van der Waals surface area contributed by atoms with Gasteiger partial charge in [0.05, 0.1) is 24.1 Å². The summed E-state index contributed by atoms with van der Waals surface area (Å²) in [5.74, 6) is 0.471. The Labute approximate surface area is 138 Å². The van der Waals surface area contributed by atoms with E-state index in [1.807, 2.05) is 31.4 Å². The van der Waals surface area contributed by atoms with Crippen LogP contribution in [0.3, 0.4) is 0 Å². The molecule has 2 N–H and O–H groups in total. The van der Waals surface area contributed by atoms with Crippen LogP contribution in [0.4, 0.5) is 5.82 Å². The highest BCUT2D eigenvalue weighted by atomic mass is 35.5. The third-order valence-electron chi connectivity index (χ3n) is 3.19. The topological polar surface area (TPSA) is 67.2 Å². The molecule has 0 aliphatic carbocycles. The molecule has 2 aromatic rings. The van der Waals surface area contributed by atoms with Gasteiger partial charge in [-0.15, -0.1) is 0 Å². The van der Waals surface area contributed by atoms with E-state index in [0.29, 0.717) is 23.1 Å². The SMILES string of the molecule is CS[C@H](C)C(=O)Nc1cc(-c2cccc(Cl)c2)nn1CCO. The average Bonchev–Trinajstić information content (AvgIpc) is 2.89. The fourth-order valence-corrected chi connectivity index (χ4v) is 2.37. The van der Waals surface area contributed by atoms with Crippen LogP contribution in [0.1, 0.15) is 6.92 Å². The van der Waals surface area contributed by atoms with E-state index in [1.165, 1.54) is 11.8 Å². The second-order valence-electron chi connectivity index (χ2n) is 4.74. The van der Waals surface area contributed by atoms with Crippen LogP contribution in [0.5, 0.6) is 0 Å². The number of anilines is 1. The van der Waals surface area contributed by atoms with Crippen molar-refractivity contribution >= 4 is 35.1 Å². The number of aliphatic hydroxyl groups is 1. The number of hydrogen-bond donors (Lipinski definition) is 2. The Morgan fingerprint density at radius 1 is 1.50 bits per heavy atom. The number of aromatic nitrogens is 2. The van der Waals surface area contributed by atoms with Crippen LogP contribution in [0.25, 0.3) is 11.3 Å². The number of amides is 1. The molecule has 1 atom stereocenters. The van der Waals surface area contributed by atoms with Crippen LogP contribution in [-0.2, 0) is 11.3 Å². The van der Waals surface area contributed by atoms with Gasteiger partial charge < -0.3 is 10.4 Å². The number of nitrogens with zero attached hydrogens (tertiary/aromatic N) is 2. The molecule has 0 fully saturated rings. The van der Waals surface area contributed by atoms with E-state index in [1.54, 1.807) is 16.8 Å². The van der Waals surface area contributed by atoms with Gasteiger partial charge in [-0.25, -0.2) is 4.68 Å². The zero-order valence-electron chi connectivity index (χ0n) is 12.4. The number of thioether (sulfide) groups is 1. The van der Waals surface area contributed by atoms with Gasteiger partial charge in [0.15, 0.2) is 0 Å². The van der Waals surface area contributed by atoms with Crippen molar-refractivity contribution in [2.45, 2.75) is 18.7 Å². The lowest BCUT2D eigenvalue weighted by Gasteiger charge is -2.10. The van der Waals surface area contributed by atoms with E-state index in [-0.39, 0.29) is 17.8 Å². The average molecular weight is 340 g/mol. The molecule has 1 amide bonds. The van der Waals surface area contributed by atoms with Crippen LogP contribution < -0.4 is 5.32 Å². The summed E-state index contributed by atoms with van der Waals surface area (Å²) in [5, 5.41) is 16.9. The van der Waals surface area contributed by atoms with Crippen molar-refractivity contribution in [3.05, 3.63) is 35.4 Å². The molecule has 0 aliphatic heterocycles. The Kier molecular flexibility index (Phi) is 5.88. The van der Waals surface area contributed by atoms with Crippen molar-refractivity contribution in [1.82, 2.24) is 9.78 Å². The van der Waals surface area contributed by atoms with Crippen LogP contribution in [0.15, 0.2) is 30.3 Å². The molecule has 0 aliphatic rings. The minimum atomic E-state index is -0.160. The Bertz CT molecular complexity index is 660. The largest absolute Gasteiger partial charge is 0.394 e. The molecule has 7 heteroatoms. The molecule has 2 rings (SSSR count). The predicted molar refractivity (Wildman–Crippen MR) is 91.4 cm³/mol. The monoisotopic (exact) mass is 339 g/mol. The second-order valence-corrected chi connectivity index (χ2v) is 6.35. The first kappa shape index (κ1) is 16.9. The van der Waals surface area contributed by atoms with Gasteiger partial charge in [-0.3, -0.25) is 4.79 Å². The minimum absolute atomic E-state index is 0.0579. The summed E-state index contributed by atoms with van der Waals surface area (Å²) < 4.78 is 1.58. The lowest BCUT2D eigenvalue weighted by molar-refractivity contribution is -0.115. The summed E-state index contributed by atoms with van der Waals surface area (Å²) in [6.45, 7) is 2.09. The molecule has 0 bridgehead atoms. The molecule has 1 aromatic carbocycles. The van der Waals surface area contributed by atoms with Crippen LogP contribution in [-0.4, -0.2) is 38.9 Å². The summed E-state index contributed by atoms with van der Waals surface area (Å²) in [4.78, 5) is 12.0. The maximum Gasteiger partial charge on any atom is 0.238 e. The maximum atomic E-state index is 12.0. The first-order valence-electron chi connectivity index (χ1n) is 6.83. The van der Waals surface area contributed by atoms with Crippen molar-refractivity contribution in [3.63, 3.8) is 0 Å². The molecule has 0 radical (unpaired) electrons. The zero-order valence-corrected chi connectivity index (χ0v) is 14.0. The fourth-order valence-electron chi connectivity index (χ4n) is 1.91. The molecule has 5 nitrogen and oxygen atoms in total. The number of carbonyl (C=O) groups excluding carboxylic acids is 1. The van der Waals surface area contributed by atoms with Crippen LogP contribution >= 0.6 is 23.4 Å². The van der Waals surface area contributed by atoms with E-state index in [2.05, 4.69) is 10.4 Å². The van der Waals surface area contributed by atoms with Gasteiger partial charge in [0, 0.05) is 16.7 Å². The predicted octanol–water partition coefficient (Wildman–Crippen LogP) is 2.89. The van der Waals surface area contributed by atoms with Gasteiger partial charge in [0.25, 0.3) is 0 Å². The van der Waals surface area contributed by atoms with E-state index in [9.17, 15) is 4.79 Å². The molecule has 0 spiro atoms. The molecule has 0 unspecified atom stereocenters. The fraction of sp³-hybridized carbons (Fsp3) is 0.333. The van der Waals surface area contributed by atoms with Gasteiger partial charge in [-0.2, -0.15) is 16.9 Å². The van der Waals surface area contributed by atoms with Gasteiger partial charge in [-0.1, -0.05) is 23.7 Å². The molecule has 118 valence electrons. The Morgan fingerprint density at radius 2 is 2.27 bits per heavy atom. The van der Waals surface area contributed by atoms with Crippen LogP contribution in [0, 0.1) is 0 Å². The third kappa shape index (κ3) is 4.03. The highest BCUT2D eigenvalue weighted by Crippen LogP contribution is 2.25. The van der Waals surface area contributed by atoms with Crippen molar-refractivity contribution in [2.75, 3.05) is 18.2 Å². The molecular formula is C15H18ClN3O2S. The van der Waals surface area contributed by atoms with Crippen molar-refractivity contribution < 1.29 is 9.90 Å². The standard InChI is InChI=1S/C15H18ClN3O2S/c1-10(22-2)15(21)17-14-9-13(18-19(14)6-7-20)11-4-3-5-12(16)8-11/h3-5,8-10,20H,6-7H2,1-2H3,(H,17,21)/t10-/m1/s1. The number of nitrogens with one attached hydrogen (secondary N) is 1. The molecule has 1 heterocycles. The smallest absolute Gasteiger partial charge is 0.238 e. The normalized spacial score (nSPS) is 12.2. The van der Waals surface area contributed by atoms with E-state index < -0.39 is 0 Å². The van der Waals surface area contributed by atoms with Crippen LogP contribution in [0.2, 0.25) is 5.02 Å². The maximum absolute atomic E-state index is 12.0. The number of halogens is 1. The first-order valence-corrected chi connectivity index (χ1v) is 8.50. The minimum Gasteiger partial charge on any atom is -0.394 e. The van der Waals surface area contributed by atoms with Gasteiger partial charge in [0.1, 0.15) is 5.82 Å². The summed E-state index contributed by atoms with van der Waals surface area (Å²) in [6, 6.07) is 9.12. The number of carbonyl (C=O) groups is 1. The molecular weight excluding hydrogens is 322 g/mol. The highest BCUT2D eigenvalue weighted by molar-refractivity contribution is 7.99. The zero-order chi connectivity index (χ0) is 16.1.